The molecule has 2 N–H and O–H groups in total. The third-order valence-electron chi connectivity index (χ3n) is 3.48. The highest BCUT2D eigenvalue weighted by Gasteiger charge is 2.12. The van der Waals surface area contributed by atoms with Gasteiger partial charge in [-0.2, -0.15) is 5.10 Å². The van der Waals surface area contributed by atoms with Gasteiger partial charge in [0, 0.05) is 16.3 Å². The number of benzene rings is 2. The topological polar surface area (TPSA) is 62.7 Å². The van der Waals surface area contributed by atoms with Gasteiger partial charge >= 0.3 is 0 Å². The molecule has 0 aliphatic heterocycles. The molecule has 0 unspecified atom stereocenters. The van der Waals surface area contributed by atoms with E-state index in [4.69, 9.17) is 23.8 Å². The van der Waals surface area contributed by atoms with Crippen LogP contribution in [0.15, 0.2) is 48.5 Å². The van der Waals surface area contributed by atoms with E-state index in [1.807, 2.05) is 31.2 Å². The van der Waals surface area contributed by atoms with Crippen LogP contribution in [-0.2, 0) is 11.3 Å². The summed E-state index contributed by atoms with van der Waals surface area (Å²) in [4.78, 5) is 12.3. The van der Waals surface area contributed by atoms with E-state index in [1.165, 1.54) is 0 Å². The highest BCUT2D eigenvalue weighted by molar-refractivity contribution is 7.71. The first-order valence-corrected chi connectivity index (χ1v) is 8.09. The third kappa shape index (κ3) is 3.72. The Morgan fingerprint density at radius 3 is 2.75 bits per heavy atom. The van der Waals surface area contributed by atoms with Gasteiger partial charge < -0.3 is 5.32 Å². The predicted octanol–water partition coefficient (Wildman–Crippen LogP) is 4.21. The summed E-state index contributed by atoms with van der Waals surface area (Å²) in [5, 5.41) is 10.3. The van der Waals surface area contributed by atoms with Crippen molar-refractivity contribution in [3.8, 4) is 11.4 Å². The maximum absolute atomic E-state index is 12.3. The van der Waals surface area contributed by atoms with E-state index in [1.54, 1.807) is 28.8 Å². The Morgan fingerprint density at radius 1 is 1.29 bits per heavy atom. The minimum atomic E-state index is -0.205. The van der Waals surface area contributed by atoms with Crippen molar-refractivity contribution in [1.82, 2.24) is 14.8 Å². The lowest BCUT2D eigenvalue weighted by Crippen LogP contribution is -2.19. The standard InChI is InChI=1S/C17H15ClN4OS/c1-11-5-7-12(8-6-11)16-20-21-17(24)22(16)10-15(23)19-14-4-2-3-13(18)9-14/h2-9H,10H2,1H3,(H,19,23)(H,21,24). The van der Waals surface area contributed by atoms with Gasteiger partial charge in [0.05, 0.1) is 0 Å². The van der Waals surface area contributed by atoms with Crippen LogP contribution in [0.1, 0.15) is 5.56 Å². The number of hydrogen-bond acceptors (Lipinski definition) is 3. The third-order valence-corrected chi connectivity index (χ3v) is 4.02. The molecule has 0 aliphatic rings. The minimum absolute atomic E-state index is 0.0606. The average molecular weight is 359 g/mol. The Hall–Kier alpha value is -2.44. The van der Waals surface area contributed by atoms with Crippen LogP contribution >= 0.6 is 23.8 Å². The van der Waals surface area contributed by atoms with Gasteiger partial charge in [0.15, 0.2) is 10.6 Å². The lowest BCUT2D eigenvalue weighted by Gasteiger charge is -2.09. The minimum Gasteiger partial charge on any atom is -0.324 e. The van der Waals surface area contributed by atoms with Crippen molar-refractivity contribution in [1.29, 1.82) is 0 Å². The Kier molecular flexibility index (Phi) is 4.78. The molecule has 5 nitrogen and oxygen atoms in total. The number of nitrogens with one attached hydrogen (secondary N) is 2. The maximum Gasteiger partial charge on any atom is 0.244 e. The normalized spacial score (nSPS) is 10.6. The second-order valence-corrected chi connectivity index (χ2v) is 6.19. The average Bonchev–Trinajstić information content (AvgIpc) is 2.89. The molecule has 1 heterocycles. The van der Waals surface area contributed by atoms with Crippen molar-refractivity contribution >= 4 is 35.4 Å². The molecule has 0 fully saturated rings. The number of carbonyl (C=O) groups is 1. The Balaban J connectivity index is 1.82. The zero-order chi connectivity index (χ0) is 17.1. The molecule has 7 heteroatoms. The summed E-state index contributed by atoms with van der Waals surface area (Å²) in [5.41, 5.74) is 2.68. The number of H-pyrrole nitrogens is 1. The second-order valence-electron chi connectivity index (χ2n) is 5.36. The summed E-state index contributed by atoms with van der Waals surface area (Å²) in [7, 11) is 0. The van der Waals surface area contributed by atoms with E-state index in [0.717, 1.165) is 11.1 Å². The molecule has 122 valence electrons. The molecule has 24 heavy (non-hydrogen) atoms. The Labute approximate surface area is 149 Å². The zero-order valence-corrected chi connectivity index (χ0v) is 14.5. The van der Waals surface area contributed by atoms with Gasteiger partial charge in [0.2, 0.25) is 5.91 Å². The molecule has 0 saturated heterocycles. The highest BCUT2D eigenvalue weighted by atomic mass is 35.5. The van der Waals surface area contributed by atoms with Gasteiger partial charge in [-0.1, -0.05) is 47.5 Å². The van der Waals surface area contributed by atoms with Crippen molar-refractivity contribution in [2.24, 2.45) is 0 Å². The number of carbonyl (C=O) groups excluding carboxylic acids is 1. The summed E-state index contributed by atoms with van der Waals surface area (Å²) >= 11 is 11.2. The summed E-state index contributed by atoms with van der Waals surface area (Å²) < 4.78 is 2.06. The van der Waals surface area contributed by atoms with E-state index < -0.39 is 0 Å². The molecule has 0 bridgehead atoms. The van der Waals surface area contributed by atoms with E-state index in [0.29, 0.717) is 21.3 Å². The van der Waals surface area contributed by atoms with E-state index in [-0.39, 0.29) is 12.5 Å². The van der Waals surface area contributed by atoms with Crippen LogP contribution in [0.25, 0.3) is 11.4 Å². The lowest BCUT2D eigenvalue weighted by atomic mass is 10.1. The highest BCUT2D eigenvalue weighted by Crippen LogP contribution is 2.19. The van der Waals surface area contributed by atoms with Crippen LogP contribution in [0.5, 0.6) is 0 Å². The Bertz CT molecular complexity index is 930. The SMILES string of the molecule is Cc1ccc(-c2n[nH]c(=S)n2CC(=O)Nc2cccc(Cl)c2)cc1. The maximum atomic E-state index is 12.3. The van der Waals surface area contributed by atoms with Gasteiger partial charge in [-0.3, -0.25) is 14.5 Å². The van der Waals surface area contributed by atoms with Crippen LogP contribution in [0.2, 0.25) is 5.02 Å². The number of aromatic nitrogens is 3. The van der Waals surface area contributed by atoms with Crippen molar-refractivity contribution in [3.63, 3.8) is 0 Å². The van der Waals surface area contributed by atoms with Crippen LogP contribution < -0.4 is 5.32 Å². The molecule has 0 saturated carbocycles. The molecule has 1 amide bonds. The quantitative estimate of drug-likeness (QED) is 0.687. The van der Waals surface area contributed by atoms with Gasteiger partial charge in [0.25, 0.3) is 0 Å². The largest absolute Gasteiger partial charge is 0.324 e. The van der Waals surface area contributed by atoms with E-state index >= 15 is 0 Å². The van der Waals surface area contributed by atoms with Gasteiger partial charge in [-0.15, -0.1) is 0 Å². The van der Waals surface area contributed by atoms with Crippen LogP contribution in [0, 0.1) is 11.7 Å². The molecule has 0 spiro atoms. The van der Waals surface area contributed by atoms with Gasteiger partial charge in [0.1, 0.15) is 6.54 Å². The number of hydrogen-bond donors (Lipinski definition) is 2. The van der Waals surface area contributed by atoms with Crippen molar-refractivity contribution in [3.05, 3.63) is 63.9 Å². The lowest BCUT2D eigenvalue weighted by molar-refractivity contribution is -0.116. The number of rotatable bonds is 4. The van der Waals surface area contributed by atoms with Crippen LogP contribution in [0.3, 0.4) is 0 Å². The molecule has 0 radical (unpaired) electrons. The van der Waals surface area contributed by atoms with Crippen LogP contribution in [0.4, 0.5) is 5.69 Å². The summed E-state index contributed by atoms with van der Waals surface area (Å²) in [5.74, 6) is 0.421. The molecule has 0 aliphatic carbocycles. The number of nitrogens with zero attached hydrogens (tertiary/aromatic N) is 2. The van der Waals surface area contributed by atoms with E-state index in [2.05, 4.69) is 15.5 Å². The number of aromatic amines is 1. The van der Waals surface area contributed by atoms with Crippen molar-refractivity contribution in [2.75, 3.05) is 5.32 Å². The first-order chi connectivity index (χ1) is 11.5. The fourth-order valence-corrected chi connectivity index (χ4v) is 2.68. The first-order valence-electron chi connectivity index (χ1n) is 7.30. The Morgan fingerprint density at radius 2 is 2.04 bits per heavy atom. The molecule has 2 aromatic carbocycles. The molecule has 1 aromatic heterocycles. The first kappa shape index (κ1) is 16.4. The predicted molar refractivity (Wildman–Crippen MR) is 97.7 cm³/mol. The molecule has 0 atom stereocenters. The van der Waals surface area contributed by atoms with Crippen molar-refractivity contribution < 1.29 is 4.79 Å². The van der Waals surface area contributed by atoms with E-state index in [9.17, 15) is 4.79 Å². The van der Waals surface area contributed by atoms with Gasteiger partial charge in [-0.05, 0) is 37.3 Å². The number of aryl methyl sites for hydroxylation is 1. The molecule has 3 aromatic rings. The van der Waals surface area contributed by atoms with Gasteiger partial charge in [-0.25, -0.2) is 0 Å². The smallest absolute Gasteiger partial charge is 0.244 e. The fraction of sp³-hybridized carbons (Fsp3) is 0.118. The zero-order valence-electron chi connectivity index (χ0n) is 12.9. The number of amides is 1. The molecule has 3 rings (SSSR count). The summed E-state index contributed by atoms with van der Waals surface area (Å²) in [6, 6.07) is 14.9. The van der Waals surface area contributed by atoms with Crippen LogP contribution in [-0.4, -0.2) is 20.7 Å². The molecular formula is C17H15ClN4OS. The summed E-state index contributed by atoms with van der Waals surface area (Å²) in [6.07, 6.45) is 0. The summed E-state index contributed by atoms with van der Waals surface area (Å²) in [6.45, 7) is 2.07. The second kappa shape index (κ2) is 6.98. The number of anilines is 1. The monoisotopic (exact) mass is 358 g/mol. The fourth-order valence-electron chi connectivity index (χ4n) is 2.30. The van der Waals surface area contributed by atoms with Crippen molar-refractivity contribution in [2.45, 2.75) is 13.5 Å². The molecular weight excluding hydrogens is 344 g/mol. The number of halogens is 1.